The quantitative estimate of drug-likeness (QED) is 0.773. The number of methoxy groups -OCH3 is 1. The van der Waals surface area contributed by atoms with E-state index in [1.165, 1.54) is 11.4 Å². The van der Waals surface area contributed by atoms with Crippen molar-refractivity contribution >= 4 is 15.9 Å². The van der Waals surface area contributed by atoms with Crippen molar-refractivity contribution in [3.8, 4) is 5.75 Å². The van der Waals surface area contributed by atoms with Gasteiger partial charge in [0.05, 0.1) is 13.7 Å². The molecule has 7 heteroatoms. The highest BCUT2D eigenvalue weighted by atomic mass is 32.2. The normalized spacial score (nSPS) is 15.9. The van der Waals surface area contributed by atoms with Crippen LogP contribution in [0.25, 0.3) is 0 Å². The lowest BCUT2D eigenvalue weighted by Gasteiger charge is -2.26. The molecule has 0 aliphatic carbocycles. The van der Waals surface area contributed by atoms with Gasteiger partial charge in [-0.3, -0.25) is 4.79 Å². The zero-order valence-corrected chi connectivity index (χ0v) is 16.1. The average molecular weight is 368 g/mol. The maximum absolute atomic E-state index is 13.1. The number of benzene rings is 1. The van der Waals surface area contributed by atoms with Crippen LogP contribution in [0.2, 0.25) is 0 Å². The summed E-state index contributed by atoms with van der Waals surface area (Å²) in [6.07, 6.45) is 4.22. The minimum Gasteiger partial charge on any atom is -0.495 e. The fourth-order valence-corrected chi connectivity index (χ4v) is 4.70. The van der Waals surface area contributed by atoms with Crippen molar-refractivity contribution in [1.82, 2.24) is 9.21 Å². The molecule has 1 heterocycles. The number of carbonyl (C=O) groups excluding carboxylic acids is 1. The molecular formula is C18H28N2O4S. The van der Waals surface area contributed by atoms with Gasteiger partial charge >= 0.3 is 0 Å². The third-order valence-corrected chi connectivity index (χ3v) is 6.50. The lowest BCUT2D eigenvalue weighted by Crippen LogP contribution is -2.43. The predicted molar refractivity (Wildman–Crippen MR) is 97.2 cm³/mol. The fraction of sp³-hybridized carbons (Fsp3) is 0.611. The molecule has 1 amide bonds. The molecule has 1 aromatic rings. The number of amides is 1. The summed E-state index contributed by atoms with van der Waals surface area (Å²) < 4.78 is 32.6. The van der Waals surface area contributed by atoms with E-state index in [1.54, 1.807) is 30.0 Å². The van der Waals surface area contributed by atoms with Crippen LogP contribution in [0.5, 0.6) is 5.75 Å². The first-order valence-corrected chi connectivity index (χ1v) is 10.3. The third kappa shape index (κ3) is 4.73. The number of sulfonamides is 1. The highest BCUT2D eigenvalue weighted by Gasteiger charge is 2.30. The van der Waals surface area contributed by atoms with Crippen LogP contribution in [0.3, 0.4) is 0 Å². The second-order valence-corrected chi connectivity index (χ2v) is 8.29. The molecule has 0 atom stereocenters. The molecule has 1 aromatic carbocycles. The van der Waals surface area contributed by atoms with E-state index in [4.69, 9.17) is 4.74 Å². The van der Waals surface area contributed by atoms with Crippen LogP contribution in [0.15, 0.2) is 23.1 Å². The summed E-state index contributed by atoms with van der Waals surface area (Å²) in [4.78, 5) is 14.5. The molecule has 0 radical (unpaired) electrons. The van der Waals surface area contributed by atoms with Gasteiger partial charge in [-0.1, -0.05) is 25.8 Å². The Morgan fingerprint density at radius 1 is 1.20 bits per heavy atom. The highest BCUT2D eigenvalue weighted by molar-refractivity contribution is 7.89. The Labute approximate surface area is 150 Å². The Kier molecular flexibility index (Phi) is 6.84. The molecule has 1 fully saturated rings. The molecule has 0 N–H and O–H groups in total. The number of carbonyl (C=O) groups is 1. The van der Waals surface area contributed by atoms with Crippen molar-refractivity contribution in [2.24, 2.45) is 0 Å². The molecule has 0 spiro atoms. The van der Waals surface area contributed by atoms with Gasteiger partial charge in [-0.15, -0.1) is 0 Å². The van der Waals surface area contributed by atoms with E-state index in [1.807, 2.05) is 6.92 Å². The molecule has 1 aliphatic rings. The monoisotopic (exact) mass is 368 g/mol. The van der Waals surface area contributed by atoms with Crippen LogP contribution in [0.4, 0.5) is 0 Å². The van der Waals surface area contributed by atoms with Crippen molar-refractivity contribution in [2.45, 2.75) is 44.4 Å². The molecule has 1 saturated heterocycles. The molecule has 2 rings (SSSR count). The third-order valence-electron chi connectivity index (χ3n) is 4.56. The number of aryl methyl sites for hydroxylation is 1. The molecule has 6 nitrogen and oxygen atoms in total. The maximum Gasteiger partial charge on any atom is 0.247 e. The molecule has 0 aromatic heterocycles. The summed E-state index contributed by atoms with van der Waals surface area (Å²) in [5.74, 6) is 0.171. The van der Waals surface area contributed by atoms with E-state index in [0.29, 0.717) is 18.8 Å². The summed E-state index contributed by atoms with van der Waals surface area (Å²) in [6.45, 7) is 5.11. The van der Waals surface area contributed by atoms with Crippen LogP contribution in [-0.2, 0) is 14.8 Å². The number of likely N-dealkylation sites (N-methyl/N-ethyl adjacent to an activating group) is 1. The zero-order chi connectivity index (χ0) is 18.4. The second kappa shape index (κ2) is 8.67. The van der Waals surface area contributed by atoms with Gasteiger partial charge in [-0.25, -0.2) is 8.42 Å². The first-order chi connectivity index (χ1) is 11.9. The predicted octanol–water partition coefficient (Wildman–Crippen LogP) is 2.42. The number of nitrogens with zero attached hydrogens (tertiary/aromatic N) is 2. The first-order valence-electron chi connectivity index (χ1n) is 8.82. The Bertz CT molecular complexity index is 695. The molecule has 0 bridgehead atoms. The smallest absolute Gasteiger partial charge is 0.247 e. The number of hydrogen-bond acceptors (Lipinski definition) is 4. The molecule has 0 unspecified atom stereocenters. The number of likely N-dealkylation sites (tertiary alicyclic amines) is 1. The van der Waals surface area contributed by atoms with Gasteiger partial charge in [0.2, 0.25) is 15.9 Å². The van der Waals surface area contributed by atoms with Gasteiger partial charge in [0.25, 0.3) is 0 Å². The minimum absolute atomic E-state index is 0.112. The first kappa shape index (κ1) is 19.7. The molecule has 0 saturated carbocycles. The van der Waals surface area contributed by atoms with Gasteiger partial charge in [0.1, 0.15) is 10.6 Å². The molecular weight excluding hydrogens is 340 g/mol. The summed E-state index contributed by atoms with van der Waals surface area (Å²) >= 11 is 0. The van der Waals surface area contributed by atoms with Crippen LogP contribution in [0.1, 0.15) is 38.2 Å². The van der Waals surface area contributed by atoms with E-state index in [-0.39, 0.29) is 23.9 Å². The minimum atomic E-state index is -3.80. The van der Waals surface area contributed by atoms with Crippen molar-refractivity contribution < 1.29 is 17.9 Å². The second-order valence-electron chi connectivity index (χ2n) is 6.38. The molecule has 1 aliphatic heterocycles. The van der Waals surface area contributed by atoms with Crippen molar-refractivity contribution in [1.29, 1.82) is 0 Å². The van der Waals surface area contributed by atoms with Gasteiger partial charge in [-0.05, 0) is 37.5 Å². The van der Waals surface area contributed by atoms with E-state index in [0.717, 1.165) is 31.2 Å². The zero-order valence-electron chi connectivity index (χ0n) is 15.3. The largest absolute Gasteiger partial charge is 0.495 e. The van der Waals surface area contributed by atoms with Crippen LogP contribution in [-0.4, -0.2) is 56.8 Å². The average Bonchev–Trinajstić information content (AvgIpc) is 2.88. The summed E-state index contributed by atoms with van der Waals surface area (Å²) in [6, 6.07) is 5.04. The fourth-order valence-electron chi connectivity index (χ4n) is 3.06. The lowest BCUT2D eigenvalue weighted by atomic mass is 10.2. The van der Waals surface area contributed by atoms with Crippen LogP contribution >= 0.6 is 0 Å². The van der Waals surface area contributed by atoms with Gasteiger partial charge < -0.3 is 9.64 Å². The molecule has 25 heavy (non-hydrogen) atoms. The topological polar surface area (TPSA) is 66.9 Å². The maximum atomic E-state index is 13.1. The summed E-state index contributed by atoms with van der Waals surface area (Å²) in [5.41, 5.74) is 0.828. The standard InChI is InChI=1S/C18H28N2O4S/c1-4-20(14-18(21)19-11-7-5-6-8-12-19)25(22,23)17-13-15(2)9-10-16(17)24-3/h9-10,13H,4-8,11-12,14H2,1-3H3. The van der Waals surface area contributed by atoms with Gasteiger partial charge in [0, 0.05) is 19.6 Å². The van der Waals surface area contributed by atoms with E-state index >= 15 is 0 Å². The van der Waals surface area contributed by atoms with Crippen LogP contribution < -0.4 is 4.74 Å². The summed E-state index contributed by atoms with van der Waals surface area (Å²) in [7, 11) is -2.35. The van der Waals surface area contributed by atoms with E-state index in [9.17, 15) is 13.2 Å². The lowest BCUT2D eigenvalue weighted by molar-refractivity contribution is -0.131. The Balaban J connectivity index is 2.23. The van der Waals surface area contributed by atoms with Crippen molar-refractivity contribution in [2.75, 3.05) is 33.3 Å². The van der Waals surface area contributed by atoms with E-state index < -0.39 is 10.0 Å². The SMILES string of the molecule is CCN(CC(=O)N1CCCCCC1)S(=O)(=O)c1cc(C)ccc1OC. The highest BCUT2D eigenvalue weighted by Crippen LogP contribution is 2.27. The van der Waals surface area contributed by atoms with Crippen molar-refractivity contribution in [3.63, 3.8) is 0 Å². The van der Waals surface area contributed by atoms with Crippen molar-refractivity contribution in [3.05, 3.63) is 23.8 Å². The molecule has 140 valence electrons. The van der Waals surface area contributed by atoms with E-state index in [2.05, 4.69) is 0 Å². The Morgan fingerprint density at radius 2 is 1.84 bits per heavy atom. The number of ether oxygens (including phenoxy) is 1. The number of rotatable bonds is 6. The Morgan fingerprint density at radius 3 is 2.40 bits per heavy atom. The number of hydrogen-bond donors (Lipinski definition) is 0. The van der Waals surface area contributed by atoms with Gasteiger partial charge in [0.15, 0.2) is 0 Å². The Hall–Kier alpha value is -1.60. The van der Waals surface area contributed by atoms with Gasteiger partial charge in [-0.2, -0.15) is 4.31 Å². The van der Waals surface area contributed by atoms with Crippen LogP contribution in [0, 0.1) is 6.92 Å². The summed E-state index contributed by atoms with van der Waals surface area (Å²) in [5, 5.41) is 0.